The van der Waals surface area contributed by atoms with E-state index in [2.05, 4.69) is 9.98 Å². The van der Waals surface area contributed by atoms with Crippen molar-refractivity contribution in [1.82, 2.24) is 0 Å². The molecule has 0 amide bonds. The quantitative estimate of drug-likeness (QED) is 0.399. The Morgan fingerprint density at radius 3 is 1.58 bits per heavy atom. The Labute approximate surface area is 163 Å². The Kier molecular flexibility index (Phi) is 9.26. The summed E-state index contributed by atoms with van der Waals surface area (Å²) in [4.78, 5) is 8.55. The molecule has 6 nitrogen and oxygen atoms in total. The van der Waals surface area contributed by atoms with Crippen molar-refractivity contribution >= 4 is 12.4 Å². The van der Waals surface area contributed by atoms with Crippen LogP contribution in [-0.4, -0.2) is 50.0 Å². The van der Waals surface area contributed by atoms with Gasteiger partial charge in [0.25, 0.3) is 0 Å². The zero-order chi connectivity index (χ0) is 18.1. The molecule has 0 atom stereocenters. The third kappa shape index (κ3) is 6.42. The minimum absolute atomic E-state index is 0. The van der Waals surface area contributed by atoms with Crippen LogP contribution in [0.25, 0.3) is 0 Å². The molecule has 7 heteroatoms. The van der Waals surface area contributed by atoms with Crippen LogP contribution in [0.15, 0.2) is 46.4 Å². The molecule has 0 heterocycles. The summed E-state index contributed by atoms with van der Waals surface area (Å²) in [6.45, 7) is 1.19. The van der Waals surface area contributed by atoms with Gasteiger partial charge in [-0.3, -0.25) is 9.98 Å². The molecule has 2 aromatic carbocycles. The van der Waals surface area contributed by atoms with Crippen molar-refractivity contribution in [1.29, 1.82) is 0 Å². The van der Waals surface area contributed by atoms with E-state index >= 15 is 0 Å². The maximum absolute atomic E-state index is 9.83. The van der Waals surface area contributed by atoms with Crippen molar-refractivity contribution in [3.63, 3.8) is 0 Å². The number of phenols is 2. The molecule has 0 unspecified atom stereocenters. The van der Waals surface area contributed by atoms with E-state index in [1.54, 1.807) is 63.0 Å². The number of nitrogens with zero attached hydrogens (tertiary/aromatic N) is 2. The SMILES string of the molecule is COc1ccc(C=NCCCN=Cc2ccc(OC)cc2O)c(O)c1.[67Cu]. The fourth-order valence-electron chi connectivity index (χ4n) is 2.10. The fraction of sp³-hybridized carbons (Fsp3) is 0.263. The Hall–Kier alpha value is -2.50. The molecule has 0 spiro atoms. The number of phenolic OH excluding ortho intramolecular Hbond substituents is 2. The minimum atomic E-state index is 0. The number of rotatable bonds is 8. The van der Waals surface area contributed by atoms with Gasteiger partial charge in [-0.05, 0) is 30.7 Å². The first-order chi connectivity index (χ1) is 12.1. The number of hydrogen-bond acceptors (Lipinski definition) is 6. The fourth-order valence-corrected chi connectivity index (χ4v) is 2.10. The maximum Gasteiger partial charge on any atom is 0.128 e. The maximum atomic E-state index is 9.83. The van der Waals surface area contributed by atoms with Crippen LogP contribution in [0.1, 0.15) is 17.5 Å². The van der Waals surface area contributed by atoms with E-state index in [0.29, 0.717) is 35.7 Å². The first-order valence-electron chi connectivity index (χ1n) is 7.87. The molecule has 26 heavy (non-hydrogen) atoms. The smallest absolute Gasteiger partial charge is 0.128 e. The molecule has 0 saturated heterocycles. The molecule has 0 fully saturated rings. The van der Waals surface area contributed by atoms with Crippen LogP contribution >= 0.6 is 0 Å². The largest absolute Gasteiger partial charge is 0.507 e. The minimum Gasteiger partial charge on any atom is -0.507 e. The third-order valence-corrected chi connectivity index (χ3v) is 3.51. The van der Waals surface area contributed by atoms with Gasteiger partial charge in [-0.2, -0.15) is 0 Å². The van der Waals surface area contributed by atoms with Gasteiger partial charge >= 0.3 is 0 Å². The molecule has 0 bridgehead atoms. The average Bonchev–Trinajstić information content (AvgIpc) is 2.62. The Morgan fingerprint density at radius 1 is 0.808 bits per heavy atom. The molecule has 2 rings (SSSR count). The van der Waals surface area contributed by atoms with Crippen molar-refractivity contribution in [2.24, 2.45) is 9.98 Å². The molecule has 2 aromatic rings. The van der Waals surface area contributed by atoms with Crippen molar-refractivity contribution in [2.75, 3.05) is 27.3 Å². The molecular weight excluding hydrogens is 387 g/mol. The van der Waals surface area contributed by atoms with Crippen LogP contribution in [0.2, 0.25) is 0 Å². The van der Waals surface area contributed by atoms with Gasteiger partial charge in [0, 0.05) is 65.8 Å². The molecule has 0 aliphatic rings. The van der Waals surface area contributed by atoms with Gasteiger partial charge in [-0.25, -0.2) is 0 Å². The molecular formula is C19H22CuN2O4. The molecule has 0 aliphatic carbocycles. The molecule has 0 saturated carbocycles. The van der Waals surface area contributed by atoms with Gasteiger partial charge in [0.2, 0.25) is 0 Å². The van der Waals surface area contributed by atoms with Crippen molar-refractivity contribution in [3.05, 3.63) is 47.5 Å². The predicted octanol–water partition coefficient (Wildman–Crippen LogP) is 3.04. The molecule has 2 N–H and O–H groups in total. The third-order valence-electron chi connectivity index (χ3n) is 3.51. The van der Waals surface area contributed by atoms with Crippen LogP contribution in [-0.2, 0) is 17.1 Å². The van der Waals surface area contributed by atoms with Crippen molar-refractivity contribution < 1.29 is 36.8 Å². The summed E-state index contributed by atoms with van der Waals surface area (Å²) in [5.41, 5.74) is 1.29. The predicted molar refractivity (Wildman–Crippen MR) is 98.9 cm³/mol. The monoisotopic (exact) mass is 409 g/mol. The van der Waals surface area contributed by atoms with Gasteiger partial charge in [-0.1, -0.05) is 0 Å². The van der Waals surface area contributed by atoms with Gasteiger partial charge < -0.3 is 19.7 Å². The van der Waals surface area contributed by atoms with Gasteiger partial charge in [0.15, 0.2) is 0 Å². The summed E-state index contributed by atoms with van der Waals surface area (Å²) < 4.78 is 10.1. The molecule has 1 radical (unpaired) electrons. The number of hydrogen-bond donors (Lipinski definition) is 2. The number of methoxy groups -OCH3 is 2. The standard InChI is InChI=1S/C19H22N2O4.Cu/c1-24-16-6-4-14(18(22)10-16)12-20-8-3-9-21-13-15-5-7-17(25-2)11-19(15)23;/h4-7,10-13,22-23H,3,8-9H2,1-2H3;/i;1+3. The van der Waals surface area contributed by atoms with E-state index in [0.717, 1.165) is 6.42 Å². The van der Waals surface area contributed by atoms with E-state index in [1.165, 1.54) is 0 Å². The van der Waals surface area contributed by atoms with Gasteiger partial charge in [-0.15, -0.1) is 0 Å². The number of benzene rings is 2. The summed E-state index contributed by atoms with van der Waals surface area (Å²) in [7, 11) is 3.10. The molecule has 143 valence electrons. The van der Waals surface area contributed by atoms with Crippen LogP contribution < -0.4 is 9.47 Å². The van der Waals surface area contributed by atoms with E-state index in [-0.39, 0.29) is 28.6 Å². The molecule has 0 aliphatic heterocycles. The Balaban J connectivity index is 0.00000338. The Bertz CT molecular complexity index is 700. The van der Waals surface area contributed by atoms with Gasteiger partial charge in [0.05, 0.1) is 14.2 Å². The second-order valence-electron chi connectivity index (χ2n) is 5.27. The summed E-state index contributed by atoms with van der Waals surface area (Å²) >= 11 is 0. The van der Waals surface area contributed by atoms with Crippen LogP contribution in [0.4, 0.5) is 0 Å². The van der Waals surface area contributed by atoms with Crippen LogP contribution in [0.5, 0.6) is 23.0 Å². The summed E-state index contributed by atoms with van der Waals surface area (Å²) in [5.74, 6) is 1.48. The second-order valence-corrected chi connectivity index (χ2v) is 5.27. The van der Waals surface area contributed by atoms with Crippen LogP contribution in [0.3, 0.4) is 0 Å². The summed E-state index contributed by atoms with van der Waals surface area (Å²) in [6, 6.07) is 10.1. The number of aliphatic imine (C=N–C) groups is 2. The Morgan fingerprint density at radius 2 is 1.23 bits per heavy atom. The van der Waals surface area contributed by atoms with Crippen molar-refractivity contribution in [2.45, 2.75) is 6.42 Å². The summed E-state index contributed by atoms with van der Waals surface area (Å²) in [5, 5.41) is 19.7. The number of ether oxygens (including phenoxy) is 2. The number of aromatic hydroxyl groups is 2. The molecule has 0 aromatic heterocycles. The van der Waals surface area contributed by atoms with Crippen LogP contribution in [0, 0.1) is 0 Å². The zero-order valence-electron chi connectivity index (χ0n) is 14.6. The topological polar surface area (TPSA) is 83.6 Å². The average molecular weight is 409 g/mol. The van der Waals surface area contributed by atoms with Crippen molar-refractivity contribution in [3.8, 4) is 23.0 Å². The van der Waals surface area contributed by atoms with E-state index in [4.69, 9.17) is 9.47 Å². The van der Waals surface area contributed by atoms with E-state index < -0.39 is 0 Å². The normalized spacial score (nSPS) is 10.8. The zero-order valence-corrected chi connectivity index (χ0v) is 15.6. The first kappa shape index (κ1) is 21.5. The van der Waals surface area contributed by atoms with E-state index in [1.807, 2.05) is 0 Å². The van der Waals surface area contributed by atoms with E-state index in [9.17, 15) is 10.2 Å². The first-order valence-corrected chi connectivity index (χ1v) is 7.87. The second kappa shape index (κ2) is 11.2. The van der Waals surface area contributed by atoms with Gasteiger partial charge in [0.1, 0.15) is 23.0 Å². The summed E-state index contributed by atoms with van der Waals surface area (Å²) in [6.07, 6.45) is 4.03.